The normalized spacial score (nSPS) is 24.7. The van der Waals surface area contributed by atoms with Crippen LogP contribution in [0.3, 0.4) is 0 Å². The van der Waals surface area contributed by atoms with Crippen LogP contribution in [0.15, 0.2) is 24.3 Å². The number of fused-ring (bicyclic) bond motifs is 1. The summed E-state index contributed by atoms with van der Waals surface area (Å²) in [7, 11) is 0. The number of ether oxygens (including phenoxy) is 1. The van der Waals surface area contributed by atoms with Gasteiger partial charge in [0.05, 0.1) is 12.1 Å². The first-order valence-electron chi connectivity index (χ1n) is 10.3. The van der Waals surface area contributed by atoms with Gasteiger partial charge in [-0.05, 0) is 25.0 Å². The molecule has 0 bridgehead atoms. The maximum Gasteiger partial charge on any atom is 0.258 e. The van der Waals surface area contributed by atoms with E-state index in [4.69, 9.17) is 10.5 Å². The SMILES string of the molecule is NC(=O)C1CCN(C(=O)CN2CCC3(CCC2=O)NC(=O)c2ccccc2O3)CC1. The van der Waals surface area contributed by atoms with Crippen molar-refractivity contribution in [3.8, 4) is 5.75 Å². The van der Waals surface area contributed by atoms with Crippen molar-refractivity contribution in [2.75, 3.05) is 26.2 Å². The number of nitrogens with one attached hydrogen (secondary N) is 1. The van der Waals surface area contributed by atoms with Crippen molar-refractivity contribution < 1.29 is 23.9 Å². The number of likely N-dealkylation sites (tertiary alicyclic amines) is 2. The molecule has 0 saturated carbocycles. The zero-order valence-corrected chi connectivity index (χ0v) is 16.8. The Kier molecular flexibility index (Phi) is 5.36. The lowest BCUT2D eigenvalue weighted by Crippen LogP contribution is -2.56. The molecule has 2 saturated heterocycles. The maximum atomic E-state index is 12.7. The largest absolute Gasteiger partial charge is 0.467 e. The number of benzene rings is 1. The summed E-state index contributed by atoms with van der Waals surface area (Å²) in [6.07, 6.45) is 2.03. The summed E-state index contributed by atoms with van der Waals surface area (Å²) >= 11 is 0. The number of nitrogens with zero attached hydrogens (tertiary/aromatic N) is 2. The van der Waals surface area contributed by atoms with Gasteiger partial charge in [-0.3, -0.25) is 19.2 Å². The molecule has 3 heterocycles. The Bertz CT molecular complexity index is 880. The fourth-order valence-corrected chi connectivity index (χ4v) is 4.36. The van der Waals surface area contributed by atoms with Gasteiger partial charge in [0.15, 0.2) is 5.72 Å². The number of amides is 4. The molecule has 3 aliphatic rings. The first-order chi connectivity index (χ1) is 14.4. The number of primary amides is 1. The third-order valence-electron chi connectivity index (χ3n) is 6.24. The molecule has 1 aromatic rings. The molecule has 30 heavy (non-hydrogen) atoms. The average Bonchev–Trinajstić information content (AvgIpc) is 2.88. The predicted octanol–water partition coefficient (Wildman–Crippen LogP) is 0.242. The van der Waals surface area contributed by atoms with Crippen molar-refractivity contribution in [3.05, 3.63) is 29.8 Å². The number of rotatable bonds is 3. The third-order valence-corrected chi connectivity index (χ3v) is 6.24. The highest BCUT2D eigenvalue weighted by Crippen LogP contribution is 2.33. The van der Waals surface area contributed by atoms with E-state index in [1.165, 1.54) is 4.90 Å². The first-order valence-corrected chi connectivity index (χ1v) is 10.3. The molecule has 2 fully saturated rings. The van der Waals surface area contributed by atoms with Gasteiger partial charge >= 0.3 is 0 Å². The van der Waals surface area contributed by atoms with E-state index in [1.54, 1.807) is 29.2 Å². The average molecular weight is 414 g/mol. The molecule has 0 aliphatic carbocycles. The number of hydrogen-bond donors (Lipinski definition) is 2. The molecule has 1 spiro atoms. The summed E-state index contributed by atoms with van der Waals surface area (Å²) in [6, 6.07) is 7.03. The summed E-state index contributed by atoms with van der Waals surface area (Å²) in [5.41, 5.74) is 4.88. The first kappa shape index (κ1) is 20.2. The van der Waals surface area contributed by atoms with Gasteiger partial charge < -0.3 is 25.6 Å². The lowest BCUT2D eigenvalue weighted by Gasteiger charge is -2.38. The summed E-state index contributed by atoms with van der Waals surface area (Å²) < 4.78 is 6.11. The van der Waals surface area contributed by atoms with Crippen LogP contribution in [0, 0.1) is 5.92 Å². The number of carbonyl (C=O) groups excluding carboxylic acids is 4. The highest BCUT2D eigenvalue weighted by Gasteiger charge is 2.43. The van der Waals surface area contributed by atoms with Crippen LogP contribution < -0.4 is 15.8 Å². The molecular weight excluding hydrogens is 388 g/mol. The molecule has 3 aliphatic heterocycles. The van der Waals surface area contributed by atoms with E-state index in [0.717, 1.165) is 0 Å². The molecule has 3 N–H and O–H groups in total. The highest BCUT2D eigenvalue weighted by molar-refractivity contribution is 5.98. The zero-order chi connectivity index (χ0) is 21.3. The van der Waals surface area contributed by atoms with Crippen LogP contribution in [0.4, 0.5) is 0 Å². The highest BCUT2D eigenvalue weighted by atomic mass is 16.5. The van der Waals surface area contributed by atoms with Gasteiger partial charge in [0, 0.05) is 44.8 Å². The minimum Gasteiger partial charge on any atom is -0.467 e. The Hall–Kier alpha value is -3.10. The Balaban J connectivity index is 1.38. The van der Waals surface area contributed by atoms with Crippen LogP contribution in [0.1, 0.15) is 42.5 Å². The Morgan fingerprint density at radius 2 is 1.87 bits per heavy atom. The van der Waals surface area contributed by atoms with Gasteiger partial charge in [0.2, 0.25) is 17.7 Å². The topological polar surface area (TPSA) is 122 Å². The van der Waals surface area contributed by atoms with Crippen LogP contribution in [0.2, 0.25) is 0 Å². The minimum atomic E-state index is -0.946. The molecule has 9 nitrogen and oxygen atoms in total. The van der Waals surface area contributed by atoms with E-state index in [-0.39, 0.29) is 42.5 Å². The lowest BCUT2D eigenvalue weighted by molar-refractivity contribution is -0.141. The van der Waals surface area contributed by atoms with E-state index in [9.17, 15) is 19.2 Å². The predicted molar refractivity (Wildman–Crippen MR) is 106 cm³/mol. The van der Waals surface area contributed by atoms with E-state index in [2.05, 4.69) is 5.32 Å². The standard InChI is InChI=1S/C21H26N4O5/c22-19(28)14-6-10-24(11-7-14)18(27)13-25-12-9-21(8-5-17(25)26)23-20(29)15-3-1-2-4-16(15)30-21/h1-4,14H,5-13H2,(H2,22,28)(H,23,29). The van der Waals surface area contributed by atoms with Crippen molar-refractivity contribution in [1.29, 1.82) is 0 Å². The fourth-order valence-electron chi connectivity index (χ4n) is 4.36. The Labute approximate surface area is 174 Å². The van der Waals surface area contributed by atoms with E-state index in [0.29, 0.717) is 56.6 Å². The van der Waals surface area contributed by atoms with Gasteiger partial charge in [0.1, 0.15) is 5.75 Å². The van der Waals surface area contributed by atoms with Crippen LogP contribution in [0.25, 0.3) is 0 Å². The molecule has 0 radical (unpaired) electrons. The maximum absolute atomic E-state index is 12.7. The molecule has 1 aromatic carbocycles. The second-order valence-electron chi connectivity index (χ2n) is 8.17. The number of piperidine rings is 1. The van der Waals surface area contributed by atoms with Crippen LogP contribution in [-0.4, -0.2) is 65.3 Å². The summed E-state index contributed by atoms with van der Waals surface area (Å²) in [4.78, 5) is 52.4. The quantitative estimate of drug-likeness (QED) is 0.734. The van der Waals surface area contributed by atoms with Gasteiger partial charge in [-0.25, -0.2) is 0 Å². The fraction of sp³-hybridized carbons (Fsp3) is 0.524. The van der Waals surface area contributed by atoms with E-state index >= 15 is 0 Å². The second kappa shape index (κ2) is 7.97. The van der Waals surface area contributed by atoms with Crippen molar-refractivity contribution in [3.63, 3.8) is 0 Å². The molecular formula is C21H26N4O5. The van der Waals surface area contributed by atoms with Crippen LogP contribution in [-0.2, 0) is 14.4 Å². The number of nitrogens with two attached hydrogens (primary N) is 1. The number of hydrogen-bond acceptors (Lipinski definition) is 5. The van der Waals surface area contributed by atoms with Crippen LogP contribution >= 0.6 is 0 Å². The van der Waals surface area contributed by atoms with Gasteiger partial charge in [0.25, 0.3) is 5.91 Å². The molecule has 9 heteroatoms. The Morgan fingerprint density at radius 3 is 2.60 bits per heavy atom. The molecule has 4 rings (SSSR count). The molecule has 4 amide bonds. The van der Waals surface area contributed by atoms with Crippen molar-refractivity contribution in [1.82, 2.24) is 15.1 Å². The molecule has 1 unspecified atom stereocenters. The second-order valence-corrected chi connectivity index (χ2v) is 8.17. The number of carbonyl (C=O) groups is 4. The zero-order valence-electron chi connectivity index (χ0n) is 16.8. The monoisotopic (exact) mass is 414 g/mol. The Morgan fingerprint density at radius 1 is 1.13 bits per heavy atom. The summed E-state index contributed by atoms with van der Waals surface area (Å²) in [6.45, 7) is 1.23. The van der Waals surface area contributed by atoms with E-state index in [1.807, 2.05) is 0 Å². The summed E-state index contributed by atoms with van der Waals surface area (Å²) in [5, 5.41) is 2.92. The van der Waals surface area contributed by atoms with Gasteiger partial charge in [-0.2, -0.15) is 0 Å². The van der Waals surface area contributed by atoms with Crippen LogP contribution in [0.5, 0.6) is 5.75 Å². The van der Waals surface area contributed by atoms with Gasteiger partial charge in [-0.1, -0.05) is 12.1 Å². The molecule has 1 atom stereocenters. The molecule has 160 valence electrons. The van der Waals surface area contributed by atoms with Crippen molar-refractivity contribution in [2.45, 2.75) is 37.8 Å². The van der Waals surface area contributed by atoms with Crippen molar-refractivity contribution >= 4 is 23.6 Å². The van der Waals surface area contributed by atoms with Gasteiger partial charge in [-0.15, -0.1) is 0 Å². The summed E-state index contributed by atoms with van der Waals surface area (Å²) in [5.74, 6) is -0.498. The van der Waals surface area contributed by atoms with E-state index < -0.39 is 5.72 Å². The number of para-hydroxylation sites is 1. The minimum absolute atomic E-state index is 0.0132. The third kappa shape index (κ3) is 3.96. The molecule has 0 aromatic heterocycles. The lowest BCUT2D eigenvalue weighted by atomic mass is 9.96. The smallest absolute Gasteiger partial charge is 0.258 e. The van der Waals surface area contributed by atoms with Crippen molar-refractivity contribution in [2.24, 2.45) is 11.7 Å².